The number of fused-ring (bicyclic) bond motifs is 4. The number of carbonyl (C=O) groups is 1. The van der Waals surface area contributed by atoms with E-state index >= 15 is 4.39 Å². The smallest absolute Gasteiger partial charge is 0.264 e. The summed E-state index contributed by atoms with van der Waals surface area (Å²) in [5.41, 5.74) is 3.72. The Morgan fingerprint density at radius 1 is 1.02 bits per heavy atom. The van der Waals surface area contributed by atoms with E-state index in [0.717, 1.165) is 16.7 Å². The Labute approximate surface area is 287 Å². The molecule has 10 nitrogen and oxygen atoms in total. The van der Waals surface area contributed by atoms with Crippen molar-refractivity contribution in [1.29, 1.82) is 0 Å². The second-order valence-electron chi connectivity index (χ2n) is 13.6. The van der Waals surface area contributed by atoms with Crippen molar-refractivity contribution in [3.63, 3.8) is 0 Å². The lowest BCUT2D eigenvalue weighted by Gasteiger charge is -2.48. The first-order valence-corrected chi connectivity index (χ1v) is 18.1. The first kappa shape index (κ1) is 34.3. The van der Waals surface area contributed by atoms with Gasteiger partial charge in [-0.1, -0.05) is 38.1 Å². The molecule has 6 rings (SSSR count). The molecule has 12 heteroatoms. The van der Waals surface area contributed by atoms with Crippen LogP contribution in [0.4, 0.5) is 10.3 Å². The predicted octanol–water partition coefficient (Wildman–Crippen LogP) is 7.08. The zero-order valence-electron chi connectivity index (χ0n) is 28.6. The van der Waals surface area contributed by atoms with Crippen molar-refractivity contribution >= 4 is 21.9 Å². The normalized spacial score (nSPS) is 20.4. The average molecular weight is 688 g/mol. The predicted molar refractivity (Wildman–Crippen MR) is 185 cm³/mol. The van der Waals surface area contributed by atoms with Gasteiger partial charge in [-0.15, -0.1) is 0 Å². The molecule has 0 saturated heterocycles. The topological polar surface area (TPSA) is 124 Å². The Morgan fingerprint density at radius 3 is 2.41 bits per heavy atom. The number of halogens is 1. The molecular formula is C37H42FN5O5S. The van der Waals surface area contributed by atoms with E-state index < -0.39 is 27.9 Å². The number of nitrogens with zero attached hydrogens (tertiary/aromatic N) is 4. The Hall–Kier alpha value is -4.58. The van der Waals surface area contributed by atoms with Gasteiger partial charge in [0, 0.05) is 35.2 Å². The highest BCUT2D eigenvalue weighted by Crippen LogP contribution is 2.43. The summed E-state index contributed by atoms with van der Waals surface area (Å²) in [6, 6.07) is 14.0. The summed E-state index contributed by atoms with van der Waals surface area (Å²) in [7, 11) is -4.21. The SMILES string of the molecule is Cc1cccc(C)c1-c1cc2nc(n1)NS(=O)(=O)c1cccc(c1)C(=O)N(C1CCC1c1ncc(OC(C)C)cc1F)[C@H](CC(C)C)CO2. The molecule has 1 amide bonds. The van der Waals surface area contributed by atoms with Gasteiger partial charge in [-0.25, -0.2) is 22.5 Å². The number of rotatable bonds is 7. The molecule has 2 aromatic carbocycles. The minimum absolute atomic E-state index is 0.0688. The number of aryl methyl sites for hydroxylation is 2. The summed E-state index contributed by atoms with van der Waals surface area (Å²) in [6.07, 6.45) is 3.20. The lowest BCUT2D eigenvalue weighted by Crippen LogP contribution is -2.56. The monoisotopic (exact) mass is 687 g/mol. The van der Waals surface area contributed by atoms with E-state index in [1.54, 1.807) is 23.1 Å². The van der Waals surface area contributed by atoms with Crippen molar-refractivity contribution in [3.8, 4) is 22.9 Å². The average Bonchev–Trinajstić information content (AvgIpc) is 3.01. The standard InChI is InChI=1S/C37H42FN5O5S/c1-21(2)15-26-20-47-33-18-31(34-23(5)9-7-10-24(34)6)40-37(41-33)42-49(45,46)28-12-8-11-25(16-28)36(44)43(26)32-14-13-29(32)35-30(38)17-27(19-39-35)48-22(3)4/h7-12,16-19,21-22,26,29,32H,13-15,20H2,1-6H3,(H,40,41,42)/t26-,29?,32?/m1/s1. The molecule has 1 N–H and O–H groups in total. The minimum atomic E-state index is -4.21. The fourth-order valence-corrected chi connectivity index (χ4v) is 7.75. The van der Waals surface area contributed by atoms with Gasteiger partial charge in [-0.3, -0.25) is 9.78 Å². The van der Waals surface area contributed by atoms with Crippen LogP contribution in [0.1, 0.15) is 80.1 Å². The van der Waals surface area contributed by atoms with Crippen LogP contribution in [0.5, 0.6) is 11.6 Å². The van der Waals surface area contributed by atoms with Crippen LogP contribution in [0, 0.1) is 25.6 Å². The highest BCUT2D eigenvalue weighted by molar-refractivity contribution is 7.92. The van der Waals surface area contributed by atoms with Crippen LogP contribution in [-0.4, -0.2) is 59.0 Å². The summed E-state index contributed by atoms with van der Waals surface area (Å²) >= 11 is 0. The van der Waals surface area contributed by atoms with Gasteiger partial charge in [-0.05, 0) is 82.2 Å². The van der Waals surface area contributed by atoms with Gasteiger partial charge in [0.05, 0.1) is 34.6 Å². The Morgan fingerprint density at radius 2 is 1.76 bits per heavy atom. The molecular weight excluding hydrogens is 646 g/mol. The number of nitrogens with one attached hydrogen (secondary N) is 1. The van der Waals surface area contributed by atoms with Crippen LogP contribution in [-0.2, 0) is 10.0 Å². The minimum Gasteiger partial charge on any atom is -0.489 e. The summed E-state index contributed by atoms with van der Waals surface area (Å²) in [6.45, 7) is 11.8. The molecule has 2 aliphatic rings. The van der Waals surface area contributed by atoms with Crippen LogP contribution in [0.15, 0.2) is 65.7 Å². The van der Waals surface area contributed by atoms with Gasteiger partial charge < -0.3 is 14.4 Å². The van der Waals surface area contributed by atoms with E-state index in [1.165, 1.54) is 24.4 Å². The Kier molecular flexibility index (Phi) is 9.61. The number of anilines is 1. The first-order valence-electron chi connectivity index (χ1n) is 16.7. The van der Waals surface area contributed by atoms with Crippen LogP contribution < -0.4 is 14.2 Å². The summed E-state index contributed by atoms with van der Waals surface area (Å²) in [5, 5.41) is 0. The summed E-state index contributed by atoms with van der Waals surface area (Å²) < 4.78 is 57.5. The van der Waals surface area contributed by atoms with Crippen molar-refractivity contribution in [1.82, 2.24) is 19.9 Å². The third kappa shape index (κ3) is 7.24. The van der Waals surface area contributed by atoms with Crippen LogP contribution >= 0.6 is 0 Å². The van der Waals surface area contributed by atoms with Gasteiger partial charge in [-0.2, -0.15) is 4.98 Å². The Balaban J connectivity index is 1.46. The van der Waals surface area contributed by atoms with Crippen molar-refractivity contribution in [2.45, 2.75) is 89.8 Å². The number of ether oxygens (including phenoxy) is 2. The first-order chi connectivity index (χ1) is 23.3. The summed E-state index contributed by atoms with van der Waals surface area (Å²) in [5.74, 6) is -0.709. The van der Waals surface area contributed by atoms with E-state index in [1.807, 2.05) is 45.9 Å². The number of carbonyl (C=O) groups excluding carboxylic acids is 1. The van der Waals surface area contributed by atoms with Crippen LogP contribution in [0.25, 0.3) is 11.3 Å². The number of aromatic nitrogens is 3. The molecule has 2 unspecified atom stereocenters. The molecule has 49 heavy (non-hydrogen) atoms. The molecule has 258 valence electrons. The maximum Gasteiger partial charge on any atom is 0.264 e. The van der Waals surface area contributed by atoms with Crippen molar-refractivity contribution in [2.24, 2.45) is 5.92 Å². The van der Waals surface area contributed by atoms with E-state index in [2.05, 4.69) is 33.5 Å². The second kappa shape index (κ2) is 13.7. The van der Waals surface area contributed by atoms with E-state index in [-0.39, 0.29) is 58.4 Å². The molecule has 1 aliphatic heterocycles. The third-order valence-corrected chi connectivity index (χ3v) is 10.3. The quantitative estimate of drug-likeness (QED) is 0.219. The molecule has 3 atom stereocenters. The number of hydrogen-bond donors (Lipinski definition) is 1. The van der Waals surface area contributed by atoms with Crippen LogP contribution in [0.2, 0.25) is 0 Å². The fraction of sp³-hybridized carbons (Fsp3) is 0.405. The number of sulfonamides is 1. The van der Waals surface area contributed by atoms with Gasteiger partial charge in [0.1, 0.15) is 18.2 Å². The third-order valence-electron chi connectivity index (χ3n) is 9.01. The molecule has 1 saturated carbocycles. The maximum absolute atomic E-state index is 15.6. The lowest BCUT2D eigenvalue weighted by atomic mass is 9.74. The second-order valence-corrected chi connectivity index (χ2v) is 15.3. The highest BCUT2D eigenvalue weighted by Gasteiger charge is 2.44. The highest BCUT2D eigenvalue weighted by atomic mass is 32.2. The van der Waals surface area contributed by atoms with Crippen molar-refractivity contribution < 1.29 is 27.1 Å². The van der Waals surface area contributed by atoms with Crippen molar-refractivity contribution in [2.75, 3.05) is 11.3 Å². The number of hydrogen-bond acceptors (Lipinski definition) is 8. The van der Waals surface area contributed by atoms with Gasteiger partial charge in [0.15, 0.2) is 0 Å². The maximum atomic E-state index is 15.6. The molecule has 3 heterocycles. The molecule has 1 fully saturated rings. The zero-order valence-corrected chi connectivity index (χ0v) is 29.4. The zero-order chi connectivity index (χ0) is 35.0. The van der Waals surface area contributed by atoms with E-state index in [4.69, 9.17) is 9.47 Å². The molecule has 4 aromatic rings. The van der Waals surface area contributed by atoms with Crippen molar-refractivity contribution in [3.05, 3.63) is 89.0 Å². The van der Waals surface area contributed by atoms with E-state index in [9.17, 15) is 13.2 Å². The number of amides is 1. The largest absolute Gasteiger partial charge is 0.489 e. The molecule has 4 bridgehead atoms. The lowest BCUT2D eigenvalue weighted by molar-refractivity contribution is 0.0205. The molecule has 0 spiro atoms. The molecule has 0 radical (unpaired) electrons. The number of pyridine rings is 1. The van der Waals surface area contributed by atoms with Gasteiger partial charge in [0.2, 0.25) is 11.8 Å². The van der Waals surface area contributed by atoms with E-state index in [0.29, 0.717) is 30.7 Å². The van der Waals surface area contributed by atoms with Gasteiger partial charge in [0.25, 0.3) is 15.9 Å². The molecule has 2 aromatic heterocycles. The fourth-order valence-electron chi connectivity index (χ4n) is 6.77. The molecule has 1 aliphatic carbocycles. The summed E-state index contributed by atoms with van der Waals surface area (Å²) in [4.78, 5) is 29.7. The number of benzene rings is 2. The van der Waals surface area contributed by atoms with Gasteiger partial charge >= 0.3 is 0 Å². The Bertz CT molecular complexity index is 1970. The van der Waals surface area contributed by atoms with Crippen LogP contribution in [0.3, 0.4) is 0 Å².